The van der Waals surface area contributed by atoms with Crippen molar-refractivity contribution in [1.29, 1.82) is 0 Å². The number of fused-ring (bicyclic) bond motifs is 1. The predicted octanol–water partition coefficient (Wildman–Crippen LogP) is -2.20. The summed E-state index contributed by atoms with van der Waals surface area (Å²) in [5, 5.41) is 35.7. The van der Waals surface area contributed by atoms with Crippen LogP contribution in [0.15, 0.2) is 20.1 Å². The van der Waals surface area contributed by atoms with Crippen molar-refractivity contribution in [2.75, 3.05) is 19.7 Å². The van der Waals surface area contributed by atoms with Gasteiger partial charge in [-0.1, -0.05) is 5.11 Å². The summed E-state index contributed by atoms with van der Waals surface area (Å²) in [4.78, 5) is 17.0. The molecule has 3 heterocycles. The second-order valence-corrected chi connectivity index (χ2v) is 5.45. The van der Waals surface area contributed by atoms with Crippen molar-refractivity contribution in [3.8, 4) is 0 Å². The summed E-state index contributed by atoms with van der Waals surface area (Å²) >= 11 is 0. The molecule has 6 atom stereocenters. The maximum atomic E-state index is 10.1. The minimum atomic E-state index is -1.18. The normalized spacial score (nSPS) is 39.0. The Morgan fingerprint density at radius 3 is 2.92 bits per heavy atom. The number of aliphatic imine (C=N–C) groups is 3. The molecule has 3 aliphatic heterocycles. The summed E-state index contributed by atoms with van der Waals surface area (Å²) in [5.41, 5.74) is 8.26. The van der Waals surface area contributed by atoms with E-state index < -0.39 is 37.2 Å². The molecule has 3 rings (SSSR count). The van der Waals surface area contributed by atoms with E-state index in [1.54, 1.807) is 4.90 Å². The molecule has 0 aliphatic carbocycles. The molecule has 1 saturated heterocycles. The van der Waals surface area contributed by atoms with E-state index in [0.29, 0.717) is 12.4 Å². The van der Waals surface area contributed by atoms with Crippen LogP contribution in [0.3, 0.4) is 0 Å². The number of rotatable bonds is 5. The topological polar surface area (TPSA) is 171 Å². The van der Waals surface area contributed by atoms with Gasteiger partial charge in [0.05, 0.1) is 19.3 Å². The molecule has 0 aromatic heterocycles. The van der Waals surface area contributed by atoms with Gasteiger partial charge in [-0.3, -0.25) is 9.98 Å². The van der Waals surface area contributed by atoms with Crippen LogP contribution in [-0.2, 0) is 4.74 Å². The monoisotopic (exact) mass is 338 g/mol. The molecule has 0 amide bonds. The molecular weight excluding hydrogens is 320 g/mol. The fourth-order valence-corrected chi connectivity index (χ4v) is 2.85. The van der Waals surface area contributed by atoms with Crippen LogP contribution in [0.25, 0.3) is 10.4 Å². The molecule has 12 heteroatoms. The molecule has 0 aromatic carbocycles. The summed E-state index contributed by atoms with van der Waals surface area (Å²) in [7, 11) is 0. The Morgan fingerprint density at radius 1 is 1.38 bits per heavy atom. The molecule has 1 fully saturated rings. The first-order chi connectivity index (χ1) is 11.7. The summed E-state index contributed by atoms with van der Waals surface area (Å²) < 4.78 is 5.52. The zero-order chi connectivity index (χ0) is 17.1. The highest BCUT2D eigenvalue weighted by atomic mass is 16.6. The van der Waals surface area contributed by atoms with E-state index in [1.807, 2.05) is 0 Å². The molecule has 12 nitrogen and oxygen atoms in total. The average Bonchev–Trinajstić information content (AvgIpc) is 3.14. The third kappa shape index (κ3) is 2.92. The number of nitrogens with zero attached hydrogens (tertiary/aromatic N) is 7. The van der Waals surface area contributed by atoms with Gasteiger partial charge in [0.2, 0.25) is 0 Å². The maximum Gasteiger partial charge on any atom is 0.161 e. The van der Waals surface area contributed by atoms with Gasteiger partial charge in [0, 0.05) is 18.0 Å². The molecule has 4 N–H and O–H groups in total. The van der Waals surface area contributed by atoms with Crippen LogP contribution in [0, 0.1) is 0 Å². The Labute approximate surface area is 136 Å². The highest BCUT2D eigenvalue weighted by Crippen LogP contribution is 2.28. The minimum Gasteiger partial charge on any atom is -0.394 e. The number of hydrogen-bond acceptors (Lipinski definition) is 9. The molecule has 24 heavy (non-hydrogen) atoms. The van der Waals surface area contributed by atoms with E-state index in [1.165, 1.54) is 12.7 Å². The van der Waals surface area contributed by atoms with Crippen molar-refractivity contribution in [3.63, 3.8) is 0 Å². The van der Waals surface area contributed by atoms with Crippen LogP contribution in [0.1, 0.15) is 0 Å². The third-order valence-electron chi connectivity index (χ3n) is 4.04. The fraction of sp³-hybridized carbons (Fsp3) is 0.750. The Balaban J connectivity index is 1.71. The molecule has 0 bridgehead atoms. The van der Waals surface area contributed by atoms with Crippen LogP contribution in [0.5, 0.6) is 0 Å². The lowest BCUT2D eigenvalue weighted by Gasteiger charge is -2.34. The van der Waals surface area contributed by atoms with Crippen LogP contribution >= 0.6 is 0 Å². The van der Waals surface area contributed by atoms with Crippen molar-refractivity contribution in [1.82, 2.24) is 10.2 Å². The highest BCUT2D eigenvalue weighted by Gasteiger charge is 2.49. The lowest BCUT2D eigenvalue weighted by Crippen LogP contribution is -2.57. The first-order valence-electron chi connectivity index (χ1n) is 7.44. The molecule has 130 valence electrons. The summed E-state index contributed by atoms with van der Waals surface area (Å²) in [6.45, 7) is 0.126. The molecule has 3 aliphatic rings. The second-order valence-electron chi connectivity index (χ2n) is 5.45. The standard InChI is InChI=1S/C12H18N8O4/c13-19-18-2-1-14-10-7-11(16-4-15-10)20(5-17-7)12-9(23)8(22)6(3-21)24-12/h4-9,11-12,21-23H,1-3H2,(H,14,15,16)/t6-,7?,8-,9-,11?,12-/m1/s1. The van der Waals surface area contributed by atoms with Gasteiger partial charge in [0.15, 0.2) is 12.1 Å². The summed E-state index contributed by atoms with van der Waals surface area (Å²) in [5.74, 6) is 0.470. The lowest BCUT2D eigenvalue weighted by atomic mass is 10.1. The maximum absolute atomic E-state index is 10.1. The number of aliphatic hydroxyl groups is 3. The molecule has 0 radical (unpaired) electrons. The quantitative estimate of drug-likeness (QED) is 0.192. The van der Waals surface area contributed by atoms with Crippen molar-refractivity contribution >= 4 is 18.5 Å². The van der Waals surface area contributed by atoms with E-state index >= 15 is 0 Å². The molecule has 2 unspecified atom stereocenters. The third-order valence-corrected chi connectivity index (χ3v) is 4.04. The van der Waals surface area contributed by atoms with Gasteiger partial charge in [-0.2, -0.15) is 0 Å². The van der Waals surface area contributed by atoms with Gasteiger partial charge >= 0.3 is 0 Å². The van der Waals surface area contributed by atoms with Crippen molar-refractivity contribution in [3.05, 3.63) is 10.4 Å². The lowest BCUT2D eigenvalue weighted by molar-refractivity contribution is -0.0801. The zero-order valence-electron chi connectivity index (χ0n) is 12.6. The molecule has 0 saturated carbocycles. The second kappa shape index (κ2) is 7.11. The Morgan fingerprint density at radius 2 is 2.21 bits per heavy atom. The van der Waals surface area contributed by atoms with Crippen LogP contribution in [0.2, 0.25) is 0 Å². The van der Waals surface area contributed by atoms with Crippen LogP contribution in [0.4, 0.5) is 0 Å². The number of nitrogens with one attached hydrogen (secondary N) is 1. The SMILES string of the molecule is [N-]=[N+]=NCCN=C1N=CNC2C1N=CN2[C@@H]1O[C@H](CO)[C@@H](O)[C@H]1O. The minimum absolute atomic E-state index is 0.225. The fourth-order valence-electron chi connectivity index (χ4n) is 2.85. The number of aliphatic hydroxyl groups excluding tert-OH is 3. The first-order valence-corrected chi connectivity index (χ1v) is 7.44. The molecule has 0 spiro atoms. The largest absolute Gasteiger partial charge is 0.394 e. The van der Waals surface area contributed by atoms with Crippen molar-refractivity contribution < 1.29 is 20.1 Å². The zero-order valence-corrected chi connectivity index (χ0v) is 12.6. The Hall–Kier alpha value is -2.24. The van der Waals surface area contributed by atoms with Gasteiger partial charge in [-0.05, 0) is 5.53 Å². The predicted molar refractivity (Wildman–Crippen MR) is 83.6 cm³/mol. The van der Waals surface area contributed by atoms with Gasteiger partial charge in [-0.15, -0.1) is 0 Å². The summed E-state index contributed by atoms with van der Waals surface area (Å²) in [6, 6.07) is -0.415. The van der Waals surface area contributed by atoms with E-state index in [9.17, 15) is 15.3 Å². The van der Waals surface area contributed by atoms with Crippen molar-refractivity contribution in [2.24, 2.45) is 20.1 Å². The van der Waals surface area contributed by atoms with Crippen LogP contribution in [-0.4, -0.2) is 95.2 Å². The number of hydrogen-bond donors (Lipinski definition) is 4. The first kappa shape index (κ1) is 16.6. The van der Waals surface area contributed by atoms with Gasteiger partial charge in [-0.25, -0.2) is 4.99 Å². The van der Waals surface area contributed by atoms with E-state index in [2.05, 4.69) is 30.3 Å². The van der Waals surface area contributed by atoms with E-state index in [-0.39, 0.29) is 12.7 Å². The highest BCUT2D eigenvalue weighted by molar-refractivity contribution is 5.98. The number of azide groups is 1. The van der Waals surface area contributed by atoms with E-state index in [4.69, 9.17) is 10.3 Å². The smallest absolute Gasteiger partial charge is 0.161 e. The number of amidine groups is 1. The van der Waals surface area contributed by atoms with Gasteiger partial charge in [0.1, 0.15) is 30.5 Å². The molecule has 0 aromatic rings. The van der Waals surface area contributed by atoms with Gasteiger partial charge < -0.3 is 30.3 Å². The van der Waals surface area contributed by atoms with Gasteiger partial charge in [0.25, 0.3) is 0 Å². The van der Waals surface area contributed by atoms with Crippen LogP contribution < -0.4 is 5.32 Å². The molecular formula is C12H18N8O4. The van der Waals surface area contributed by atoms with Crippen molar-refractivity contribution in [2.45, 2.75) is 36.7 Å². The number of ether oxygens (including phenoxy) is 1. The Bertz CT molecular complexity index is 604. The summed E-state index contributed by atoms with van der Waals surface area (Å²) in [6.07, 6.45) is -1.48. The average molecular weight is 338 g/mol. The van der Waals surface area contributed by atoms with E-state index in [0.717, 1.165) is 0 Å². The Kier molecular flexibility index (Phi) is 4.92.